The van der Waals surface area contributed by atoms with Gasteiger partial charge >= 0.3 is 0 Å². The number of fused-ring (bicyclic) bond motifs is 1. The van der Waals surface area contributed by atoms with Crippen molar-refractivity contribution in [1.82, 2.24) is 4.57 Å². The Hall–Kier alpha value is -2.47. The number of halogens is 1. The van der Waals surface area contributed by atoms with Crippen LogP contribution >= 0.6 is 0 Å². The minimum Gasteiger partial charge on any atom is -0.346 e. The average molecular weight is 359 g/mol. The molecule has 0 N–H and O–H groups in total. The molecule has 0 amide bonds. The van der Waals surface area contributed by atoms with E-state index in [9.17, 15) is 17.6 Å². The monoisotopic (exact) mass is 359 g/mol. The van der Waals surface area contributed by atoms with Gasteiger partial charge in [0.15, 0.2) is 0 Å². The Morgan fingerprint density at radius 2 is 1.80 bits per heavy atom. The third-order valence-corrected chi connectivity index (χ3v) is 5.87. The average Bonchev–Trinajstić information content (AvgIpc) is 2.62. The number of nitrogens with zero attached hydrogens (tertiary/aromatic N) is 1. The minimum absolute atomic E-state index is 0.0462. The highest BCUT2D eigenvalue weighted by Gasteiger charge is 2.23. The minimum atomic E-state index is -3.98. The van der Waals surface area contributed by atoms with E-state index in [0.29, 0.717) is 12.1 Å². The highest BCUT2D eigenvalue weighted by molar-refractivity contribution is 7.91. The van der Waals surface area contributed by atoms with Crippen LogP contribution in [0.3, 0.4) is 0 Å². The number of sulfone groups is 1. The molecule has 3 rings (SSSR count). The second-order valence-electron chi connectivity index (χ2n) is 5.85. The molecule has 0 bridgehead atoms. The maximum atomic E-state index is 13.7. The largest absolute Gasteiger partial charge is 0.346 e. The SMILES string of the molecule is CCCCn1cc(S(=O)(=O)c2ccccc2)c(=O)c2cc(F)ccc21. The van der Waals surface area contributed by atoms with Crippen LogP contribution in [0.1, 0.15) is 19.8 Å². The molecule has 130 valence electrons. The second kappa shape index (κ2) is 6.80. The molecule has 0 saturated heterocycles. The van der Waals surface area contributed by atoms with Crippen LogP contribution in [-0.4, -0.2) is 13.0 Å². The summed E-state index contributed by atoms with van der Waals surface area (Å²) in [5.41, 5.74) is -0.141. The van der Waals surface area contributed by atoms with E-state index < -0.39 is 21.1 Å². The molecular weight excluding hydrogens is 341 g/mol. The summed E-state index contributed by atoms with van der Waals surface area (Å²) in [5.74, 6) is -0.569. The van der Waals surface area contributed by atoms with Gasteiger partial charge < -0.3 is 4.57 Å². The Labute approximate surface area is 145 Å². The number of aryl methyl sites for hydroxylation is 1. The molecule has 2 aromatic carbocycles. The lowest BCUT2D eigenvalue weighted by Crippen LogP contribution is -2.19. The number of pyridine rings is 1. The van der Waals surface area contributed by atoms with Crippen molar-refractivity contribution in [3.05, 3.63) is 70.8 Å². The Balaban J connectivity index is 2.32. The van der Waals surface area contributed by atoms with Gasteiger partial charge in [0, 0.05) is 18.1 Å². The lowest BCUT2D eigenvalue weighted by atomic mass is 10.2. The van der Waals surface area contributed by atoms with Crippen LogP contribution in [-0.2, 0) is 16.4 Å². The van der Waals surface area contributed by atoms with Crippen LogP contribution in [0, 0.1) is 5.82 Å². The van der Waals surface area contributed by atoms with Gasteiger partial charge in [-0.25, -0.2) is 12.8 Å². The number of rotatable bonds is 5. The Kier molecular flexibility index (Phi) is 4.72. The molecule has 0 saturated carbocycles. The van der Waals surface area contributed by atoms with E-state index >= 15 is 0 Å². The topological polar surface area (TPSA) is 56.1 Å². The predicted octanol–water partition coefficient (Wildman–Crippen LogP) is 3.77. The van der Waals surface area contributed by atoms with E-state index in [2.05, 4.69) is 0 Å². The lowest BCUT2D eigenvalue weighted by Gasteiger charge is -2.13. The van der Waals surface area contributed by atoms with Crippen LogP contribution in [0.5, 0.6) is 0 Å². The van der Waals surface area contributed by atoms with Crippen molar-refractivity contribution in [2.45, 2.75) is 36.1 Å². The highest BCUT2D eigenvalue weighted by Crippen LogP contribution is 2.22. The van der Waals surface area contributed by atoms with Gasteiger partial charge in [-0.3, -0.25) is 4.79 Å². The van der Waals surface area contributed by atoms with Gasteiger partial charge in [-0.1, -0.05) is 31.5 Å². The van der Waals surface area contributed by atoms with Gasteiger partial charge in [0.05, 0.1) is 10.4 Å². The summed E-state index contributed by atoms with van der Waals surface area (Å²) >= 11 is 0. The first-order valence-corrected chi connectivity index (χ1v) is 9.56. The number of benzene rings is 2. The van der Waals surface area contributed by atoms with Gasteiger partial charge in [-0.05, 0) is 36.8 Å². The zero-order chi connectivity index (χ0) is 18.0. The van der Waals surface area contributed by atoms with E-state index in [1.807, 2.05) is 6.92 Å². The molecule has 0 spiro atoms. The summed E-state index contributed by atoms with van der Waals surface area (Å²) in [5, 5.41) is 0.0770. The quantitative estimate of drug-likeness (QED) is 0.697. The number of aromatic nitrogens is 1. The molecule has 6 heteroatoms. The lowest BCUT2D eigenvalue weighted by molar-refractivity contribution is 0.590. The molecular formula is C19H18FNO3S. The summed E-state index contributed by atoms with van der Waals surface area (Å²) in [6.45, 7) is 2.57. The number of hydrogen-bond acceptors (Lipinski definition) is 3. The van der Waals surface area contributed by atoms with Gasteiger partial charge in [0.25, 0.3) is 0 Å². The molecule has 25 heavy (non-hydrogen) atoms. The molecule has 1 aromatic heterocycles. The number of unbranched alkanes of at least 4 members (excludes halogenated alkanes) is 1. The van der Waals surface area contributed by atoms with Gasteiger partial charge in [-0.2, -0.15) is 0 Å². The molecule has 0 radical (unpaired) electrons. The smallest absolute Gasteiger partial charge is 0.211 e. The van der Waals surface area contributed by atoms with Crippen molar-refractivity contribution >= 4 is 20.7 Å². The number of hydrogen-bond donors (Lipinski definition) is 0. The first kappa shape index (κ1) is 17.4. The van der Waals surface area contributed by atoms with Crippen LogP contribution in [0.25, 0.3) is 10.9 Å². The van der Waals surface area contributed by atoms with Crippen molar-refractivity contribution in [3.63, 3.8) is 0 Å². The van der Waals surface area contributed by atoms with E-state index in [0.717, 1.165) is 18.9 Å². The molecule has 4 nitrogen and oxygen atoms in total. The van der Waals surface area contributed by atoms with Crippen molar-refractivity contribution in [1.29, 1.82) is 0 Å². The van der Waals surface area contributed by atoms with Gasteiger partial charge in [0.2, 0.25) is 15.3 Å². The molecule has 0 unspecified atom stereocenters. The highest BCUT2D eigenvalue weighted by atomic mass is 32.2. The van der Waals surface area contributed by atoms with E-state index in [1.165, 1.54) is 30.5 Å². The summed E-state index contributed by atoms with van der Waals surface area (Å²) < 4.78 is 41.2. The van der Waals surface area contributed by atoms with Crippen LogP contribution in [0.4, 0.5) is 4.39 Å². The Bertz CT molecular complexity index is 1070. The summed E-state index contributed by atoms with van der Waals surface area (Å²) in [7, 11) is -3.98. The zero-order valence-electron chi connectivity index (χ0n) is 13.8. The molecule has 0 aliphatic heterocycles. The zero-order valence-corrected chi connectivity index (χ0v) is 14.6. The molecule has 0 aliphatic rings. The van der Waals surface area contributed by atoms with E-state index in [1.54, 1.807) is 22.8 Å². The maximum absolute atomic E-state index is 13.7. The van der Waals surface area contributed by atoms with E-state index in [-0.39, 0.29) is 15.2 Å². The van der Waals surface area contributed by atoms with Crippen LogP contribution < -0.4 is 5.43 Å². The molecule has 3 aromatic rings. The van der Waals surface area contributed by atoms with Crippen molar-refractivity contribution in [2.75, 3.05) is 0 Å². The molecule has 1 heterocycles. The van der Waals surface area contributed by atoms with Crippen molar-refractivity contribution < 1.29 is 12.8 Å². The Morgan fingerprint density at radius 3 is 2.48 bits per heavy atom. The van der Waals surface area contributed by atoms with Crippen LogP contribution in [0.15, 0.2) is 69.3 Å². The standard InChI is InChI=1S/C19H18FNO3S/c1-2-3-11-21-13-18(25(23,24)15-7-5-4-6-8-15)19(22)16-12-14(20)9-10-17(16)21/h4-10,12-13H,2-3,11H2,1H3. The molecule has 0 atom stereocenters. The Morgan fingerprint density at radius 1 is 1.08 bits per heavy atom. The fourth-order valence-corrected chi connectivity index (χ4v) is 4.16. The van der Waals surface area contributed by atoms with Crippen molar-refractivity contribution in [2.24, 2.45) is 0 Å². The second-order valence-corrected chi connectivity index (χ2v) is 7.77. The van der Waals surface area contributed by atoms with Crippen molar-refractivity contribution in [3.8, 4) is 0 Å². The fraction of sp³-hybridized carbons (Fsp3) is 0.211. The first-order chi connectivity index (χ1) is 11.9. The first-order valence-electron chi connectivity index (χ1n) is 8.08. The summed E-state index contributed by atoms with van der Waals surface area (Å²) in [6, 6.07) is 11.7. The van der Waals surface area contributed by atoms with Gasteiger partial charge in [0.1, 0.15) is 10.7 Å². The molecule has 0 fully saturated rings. The van der Waals surface area contributed by atoms with Crippen LogP contribution in [0.2, 0.25) is 0 Å². The summed E-state index contributed by atoms with van der Waals surface area (Å²) in [6.07, 6.45) is 3.11. The predicted molar refractivity (Wildman–Crippen MR) is 95.0 cm³/mol. The molecule has 0 aliphatic carbocycles. The summed E-state index contributed by atoms with van der Waals surface area (Å²) in [4.78, 5) is 12.5. The maximum Gasteiger partial charge on any atom is 0.211 e. The van der Waals surface area contributed by atoms with Gasteiger partial charge in [-0.15, -0.1) is 0 Å². The fourth-order valence-electron chi connectivity index (χ4n) is 2.77. The third kappa shape index (κ3) is 3.22. The normalized spacial score (nSPS) is 11.8. The third-order valence-electron chi connectivity index (χ3n) is 4.11. The van der Waals surface area contributed by atoms with E-state index in [4.69, 9.17) is 0 Å².